The predicted octanol–water partition coefficient (Wildman–Crippen LogP) is 0.355. The number of nitrogens with zero attached hydrogens (tertiary/aromatic N) is 3. The highest BCUT2D eigenvalue weighted by atomic mass is 16.5. The summed E-state index contributed by atoms with van der Waals surface area (Å²) in [7, 11) is 1.28. The third-order valence-electron chi connectivity index (χ3n) is 2.49. The van der Waals surface area contributed by atoms with Crippen LogP contribution < -0.4 is 10.6 Å². The fourth-order valence-corrected chi connectivity index (χ4v) is 1.51. The van der Waals surface area contributed by atoms with Crippen molar-refractivity contribution in [2.24, 2.45) is 5.73 Å². The maximum Gasteiger partial charge on any atom is 0.358 e. The Labute approximate surface area is 111 Å². The normalized spacial score (nSPS) is 10.0. The number of carbonyl (C=O) groups excluding carboxylic acids is 2. The molecule has 7 heteroatoms. The van der Waals surface area contributed by atoms with Crippen LogP contribution in [0, 0.1) is 0 Å². The number of unbranched alkanes of at least 4 members (excludes halogenated alkanes) is 1. The Hall–Kier alpha value is -2.18. The second-order valence-electron chi connectivity index (χ2n) is 3.99. The van der Waals surface area contributed by atoms with Crippen molar-refractivity contribution < 1.29 is 14.3 Å². The fourth-order valence-electron chi connectivity index (χ4n) is 1.51. The summed E-state index contributed by atoms with van der Waals surface area (Å²) in [6.07, 6.45) is 4.66. The average molecular weight is 266 g/mol. The highest BCUT2D eigenvalue weighted by Crippen LogP contribution is 2.10. The van der Waals surface area contributed by atoms with Gasteiger partial charge >= 0.3 is 5.97 Å². The van der Waals surface area contributed by atoms with Crippen molar-refractivity contribution in [3.63, 3.8) is 0 Å². The summed E-state index contributed by atoms with van der Waals surface area (Å²) >= 11 is 0. The van der Waals surface area contributed by atoms with Crippen LogP contribution in [-0.4, -0.2) is 42.0 Å². The van der Waals surface area contributed by atoms with Crippen LogP contribution in [0.4, 0.5) is 5.82 Å². The number of hydrogen-bond donors (Lipinski definition) is 1. The summed E-state index contributed by atoms with van der Waals surface area (Å²) in [5.41, 5.74) is 5.32. The van der Waals surface area contributed by atoms with E-state index in [4.69, 9.17) is 5.73 Å². The van der Waals surface area contributed by atoms with Gasteiger partial charge in [-0.3, -0.25) is 4.79 Å². The fraction of sp³-hybridized carbons (Fsp3) is 0.500. The van der Waals surface area contributed by atoms with Gasteiger partial charge in [-0.05, 0) is 6.42 Å². The molecular formula is C12H18N4O3. The van der Waals surface area contributed by atoms with E-state index >= 15 is 0 Å². The summed E-state index contributed by atoms with van der Waals surface area (Å²) in [5, 5.41) is 0. The van der Waals surface area contributed by atoms with Crippen molar-refractivity contribution in [3.8, 4) is 0 Å². The van der Waals surface area contributed by atoms with Gasteiger partial charge in [0.15, 0.2) is 5.69 Å². The van der Waals surface area contributed by atoms with Crippen molar-refractivity contribution in [3.05, 3.63) is 18.1 Å². The Bertz CT molecular complexity index is 433. The summed E-state index contributed by atoms with van der Waals surface area (Å²) in [4.78, 5) is 32.1. The van der Waals surface area contributed by atoms with Gasteiger partial charge in [0.05, 0.1) is 26.0 Å². The zero-order valence-corrected chi connectivity index (χ0v) is 11.1. The number of hydrogen-bond acceptors (Lipinski definition) is 6. The van der Waals surface area contributed by atoms with E-state index in [1.54, 1.807) is 4.90 Å². The zero-order chi connectivity index (χ0) is 14.3. The van der Waals surface area contributed by atoms with E-state index in [0.29, 0.717) is 12.4 Å². The first-order valence-corrected chi connectivity index (χ1v) is 6.02. The lowest BCUT2D eigenvalue weighted by Gasteiger charge is -2.21. The molecule has 0 atom stereocenters. The monoisotopic (exact) mass is 266 g/mol. The van der Waals surface area contributed by atoms with Crippen LogP contribution in [0.15, 0.2) is 12.4 Å². The van der Waals surface area contributed by atoms with Gasteiger partial charge in [0, 0.05) is 6.54 Å². The molecule has 0 aliphatic heterocycles. The highest BCUT2D eigenvalue weighted by molar-refractivity contribution is 5.86. The van der Waals surface area contributed by atoms with Crippen molar-refractivity contribution >= 4 is 17.7 Å². The number of methoxy groups -OCH3 is 1. The van der Waals surface area contributed by atoms with Gasteiger partial charge in [-0.15, -0.1) is 0 Å². The molecule has 19 heavy (non-hydrogen) atoms. The molecule has 1 heterocycles. The number of amides is 1. The van der Waals surface area contributed by atoms with Crippen molar-refractivity contribution in [1.29, 1.82) is 0 Å². The zero-order valence-electron chi connectivity index (χ0n) is 11.1. The number of esters is 1. The first-order valence-electron chi connectivity index (χ1n) is 6.02. The van der Waals surface area contributed by atoms with Crippen LogP contribution >= 0.6 is 0 Å². The molecule has 0 aliphatic rings. The van der Waals surface area contributed by atoms with Gasteiger partial charge < -0.3 is 15.4 Å². The molecule has 0 aliphatic carbocycles. The number of rotatable bonds is 7. The summed E-state index contributed by atoms with van der Waals surface area (Å²) < 4.78 is 4.54. The molecule has 0 bridgehead atoms. The number of nitrogens with two attached hydrogens (primary N) is 1. The minimum atomic E-state index is -0.547. The maximum atomic E-state index is 11.2. The Kier molecular flexibility index (Phi) is 5.72. The third-order valence-corrected chi connectivity index (χ3v) is 2.49. The van der Waals surface area contributed by atoms with E-state index in [1.165, 1.54) is 19.5 Å². The summed E-state index contributed by atoms with van der Waals surface area (Å²) in [6, 6.07) is 0. The number of aromatic nitrogens is 2. The molecule has 0 radical (unpaired) electrons. The lowest BCUT2D eigenvalue weighted by Crippen LogP contribution is -2.35. The van der Waals surface area contributed by atoms with Gasteiger partial charge in [-0.1, -0.05) is 13.3 Å². The number of anilines is 1. The van der Waals surface area contributed by atoms with E-state index in [9.17, 15) is 9.59 Å². The molecule has 0 aromatic carbocycles. The molecule has 7 nitrogen and oxygen atoms in total. The largest absolute Gasteiger partial charge is 0.464 e. The standard InChI is InChI=1S/C12H18N4O3/c1-3-4-5-16(8-10(13)17)11-7-14-9(6-15-11)12(18)19-2/h6-7H,3-5,8H2,1-2H3,(H2,13,17). The molecule has 0 unspecified atom stereocenters. The van der Waals surface area contributed by atoms with E-state index in [-0.39, 0.29) is 12.2 Å². The first-order chi connectivity index (χ1) is 9.08. The predicted molar refractivity (Wildman–Crippen MR) is 69.7 cm³/mol. The van der Waals surface area contributed by atoms with Crippen LogP contribution in [0.25, 0.3) is 0 Å². The molecule has 104 valence electrons. The second kappa shape index (κ2) is 7.30. The molecule has 0 spiro atoms. The van der Waals surface area contributed by atoms with Crippen LogP contribution in [-0.2, 0) is 9.53 Å². The molecule has 0 fully saturated rings. The molecule has 1 aromatic rings. The van der Waals surface area contributed by atoms with Gasteiger partial charge in [0.2, 0.25) is 5.91 Å². The third kappa shape index (κ3) is 4.53. The second-order valence-corrected chi connectivity index (χ2v) is 3.99. The van der Waals surface area contributed by atoms with E-state index in [0.717, 1.165) is 12.8 Å². The molecule has 2 N–H and O–H groups in total. The lowest BCUT2D eigenvalue weighted by molar-refractivity contribution is -0.116. The molecule has 0 saturated heterocycles. The molecule has 1 aromatic heterocycles. The minimum Gasteiger partial charge on any atom is -0.464 e. The number of ether oxygens (including phenoxy) is 1. The average Bonchev–Trinajstić information content (AvgIpc) is 2.42. The number of primary amides is 1. The van der Waals surface area contributed by atoms with Crippen molar-refractivity contribution in [2.75, 3.05) is 25.1 Å². The summed E-state index contributed by atoms with van der Waals surface area (Å²) in [6.45, 7) is 2.78. The topological polar surface area (TPSA) is 98.4 Å². The molecule has 1 amide bonds. The van der Waals surface area contributed by atoms with Crippen LogP contribution in [0.2, 0.25) is 0 Å². The molecule has 1 rings (SSSR count). The quantitative estimate of drug-likeness (QED) is 0.715. The maximum absolute atomic E-state index is 11.2. The van der Waals surface area contributed by atoms with Crippen LogP contribution in [0.5, 0.6) is 0 Å². The van der Waals surface area contributed by atoms with Crippen molar-refractivity contribution in [2.45, 2.75) is 19.8 Å². The number of carbonyl (C=O) groups is 2. The Balaban J connectivity index is 2.83. The van der Waals surface area contributed by atoms with E-state index in [2.05, 4.69) is 21.6 Å². The van der Waals surface area contributed by atoms with Gasteiger partial charge in [-0.25, -0.2) is 14.8 Å². The Morgan fingerprint density at radius 2 is 2.11 bits per heavy atom. The molecular weight excluding hydrogens is 248 g/mol. The minimum absolute atomic E-state index is 0.0756. The van der Waals surface area contributed by atoms with Crippen LogP contribution in [0.1, 0.15) is 30.3 Å². The summed E-state index contributed by atoms with van der Waals surface area (Å²) in [5.74, 6) is -0.469. The SMILES string of the molecule is CCCCN(CC(N)=O)c1cnc(C(=O)OC)cn1. The Morgan fingerprint density at radius 1 is 1.37 bits per heavy atom. The highest BCUT2D eigenvalue weighted by Gasteiger charge is 2.13. The Morgan fingerprint density at radius 3 is 2.58 bits per heavy atom. The first kappa shape index (κ1) is 14.9. The van der Waals surface area contributed by atoms with Gasteiger partial charge in [-0.2, -0.15) is 0 Å². The van der Waals surface area contributed by atoms with Gasteiger partial charge in [0.1, 0.15) is 5.82 Å². The van der Waals surface area contributed by atoms with Crippen molar-refractivity contribution in [1.82, 2.24) is 9.97 Å². The van der Waals surface area contributed by atoms with Crippen LogP contribution in [0.3, 0.4) is 0 Å². The molecule has 0 saturated carbocycles. The van der Waals surface area contributed by atoms with Gasteiger partial charge in [0.25, 0.3) is 0 Å². The van der Waals surface area contributed by atoms with E-state index in [1.807, 2.05) is 0 Å². The smallest absolute Gasteiger partial charge is 0.358 e. The van der Waals surface area contributed by atoms with E-state index < -0.39 is 11.9 Å². The lowest BCUT2D eigenvalue weighted by atomic mass is 10.3.